The second-order valence-corrected chi connectivity index (χ2v) is 6.04. The van der Waals surface area contributed by atoms with Crippen molar-refractivity contribution in [2.75, 3.05) is 5.32 Å². The molecule has 0 fully saturated rings. The van der Waals surface area contributed by atoms with Crippen LogP contribution in [0.1, 0.15) is 18.1 Å². The van der Waals surface area contributed by atoms with Crippen LogP contribution in [0, 0.1) is 13.8 Å². The smallest absolute Gasteiger partial charge is 0.265 e. The van der Waals surface area contributed by atoms with Gasteiger partial charge in [-0.1, -0.05) is 48.5 Å². The topological polar surface area (TPSA) is 38.3 Å². The maximum absolute atomic E-state index is 12.5. The molecule has 1 amide bonds. The van der Waals surface area contributed by atoms with Crippen LogP contribution in [0.4, 0.5) is 5.69 Å². The van der Waals surface area contributed by atoms with E-state index in [1.807, 2.05) is 74.5 Å². The highest BCUT2D eigenvalue weighted by atomic mass is 16.5. The summed E-state index contributed by atoms with van der Waals surface area (Å²) < 4.78 is 5.86. The maximum Gasteiger partial charge on any atom is 0.265 e. The van der Waals surface area contributed by atoms with Gasteiger partial charge in [-0.15, -0.1) is 0 Å². The van der Waals surface area contributed by atoms with E-state index in [9.17, 15) is 4.79 Å². The van der Waals surface area contributed by atoms with Crippen molar-refractivity contribution >= 4 is 22.4 Å². The van der Waals surface area contributed by atoms with Crippen LogP contribution >= 0.6 is 0 Å². The summed E-state index contributed by atoms with van der Waals surface area (Å²) in [5.41, 5.74) is 2.93. The van der Waals surface area contributed by atoms with Crippen LogP contribution < -0.4 is 10.1 Å². The quantitative estimate of drug-likeness (QED) is 0.745. The van der Waals surface area contributed by atoms with E-state index in [1.54, 1.807) is 6.92 Å². The zero-order valence-corrected chi connectivity index (χ0v) is 14.2. The Morgan fingerprint density at radius 1 is 1.00 bits per heavy atom. The summed E-state index contributed by atoms with van der Waals surface area (Å²) in [5.74, 6) is 0.586. The number of carbonyl (C=O) groups excluding carboxylic acids is 1. The van der Waals surface area contributed by atoms with E-state index in [1.165, 1.54) is 0 Å². The Balaban J connectivity index is 1.77. The van der Waals surface area contributed by atoms with Gasteiger partial charge >= 0.3 is 0 Å². The Labute approximate surface area is 142 Å². The van der Waals surface area contributed by atoms with Gasteiger partial charge < -0.3 is 10.1 Å². The molecule has 1 N–H and O–H groups in total. The zero-order valence-electron chi connectivity index (χ0n) is 14.2. The highest BCUT2D eigenvalue weighted by Gasteiger charge is 2.16. The molecule has 3 heteroatoms. The fourth-order valence-corrected chi connectivity index (χ4v) is 2.65. The number of fused-ring (bicyclic) bond motifs is 1. The summed E-state index contributed by atoms with van der Waals surface area (Å²) in [7, 11) is 0. The highest BCUT2D eigenvalue weighted by Crippen LogP contribution is 2.24. The molecule has 0 aliphatic carbocycles. The summed E-state index contributed by atoms with van der Waals surface area (Å²) in [6, 6.07) is 19.8. The number of nitrogens with one attached hydrogen (secondary N) is 1. The number of ether oxygens (including phenoxy) is 1. The molecule has 0 unspecified atom stereocenters. The van der Waals surface area contributed by atoms with Gasteiger partial charge in [0.2, 0.25) is 0 Å². The molecule has 0 heterocycles. The normalized spacial score (nSPS) is 12.0. The van der Waals surface area contributed by atoms with Crippen LogP contribution in [0.15, 0.2) is 60.7 Å². The van der Waals surface area contributed by atoms with Crippen molar-refractivity contribution in [3.8, 4) is 5.75 Å². The first kappa shape index (κ1) is 16.1. The van der Waals surface area contributed by atoms with Gasteiger partial charge in [0.25, 0.3) is 5.91 Å². The molecule has 122 valence electrons. The van der Waals surface area contributed by atoms with Gasteiger partial charge in [0.1, 0.15) is 5.75 Å². The largest absolute Gasteiger partial charge is 0.481 e. The molecule has 0 aliphatic heterocycles. The predicted molar refractivity (Wildman–Crippen MR) is 98.6 cm³/mol. The molecular formula is C21H21NO2. The number of hydrogen-bond donors (Lipinski definition) is 1. The van der Waals surface area contributed by atoms with Gasteiger partial charge in [0.15, 0.2) is 6.10 Å². The van der Waals surface area contributed by atoms with E-state index < -0.39 is 6.10 Å². The Bertz CT molecular complexity index is 881. The zero-order chi connectivity index (χ0) is 17.1. The minimum Gasteiger partial charge on any atom is -0.481 e. The van der Waals surface area contributed by atoms with Crippen molar-refractivity contribution in [2.45, 2.75) is 26.9 Å². The number of rotatable bonds is 4. The van der Waals surface area contributed by atoms with Crippen LogP contribution in [0.2, 0.25) is 0 Å². The van der Waals surface area contributed by atoms with Crippen LogP contribution in [0.25, 0.3) is 10.8 Å². The summed E-state index contributed by atoms with van der Waals surface area (Å²) in [4.78, 5) is 12.5. The van der Waals surface area contributed by atoms with Crippen LogP contribution in [-0.2, 0) is 4.79 Å². The van der Waals surface area contributed by atoms with Gasteiger partial charge in [0.05, 0.1) is 0 Å². The van der Waals surface area contributed by atoms with E-state index in [2.05, 4.69) is 5.32 Å². The Morgan fingerprint density at radius 3 is 2.58 bits per heavy atom. The monoisotopic (exact) mass is 319 g/mol. The lowest BCUT2D eigenvalue weighted by Crippen LogP contribution is -2.30. The van der Waals surface area contributed by atoms with Crippen molar-refractivity contribution in [3.63, 3.8) is 0 Å². The number of hydrogen-bond acceptors (Lipinski definition) is 2. The number of carbonyl (C=O) groups is 1. The second-order valence-electron chi connectivity index (χ2n) is 6.04. The standard InChI is InChI=1S/C21H21NO2/c1-14-11-12-15(2)20(13-14)24-16(3)21(23)22-19-10-6-8-17-7-4-5-9-18(17)19/h4-13,16H,1-3H3,(H,22,23)/t16-/m1/s1. The van der Waals surface area contributed by atoms with Gasteiger partial charge in [-0.2, -0.15) is 0 Å². The highest BCUT2D eigenvalue weighted by molar-refractivity contribution is 6.03. The fraction of sp³-hybridized carbons (Fsp3) is 0.190. The molecule has 0 aromatic heterocycles. The van der Waals surface area contributed by atoms with E-state index in [0.29, 0.717) is 0 Å². The number of amides is 1. The van der Waals surface area contributed by atoms with E-state index in [0.717, 1.165) is 33.3 Å². The molecule has 0 saturated heterocycles. The second kappa shape index (κ2) is 6.75. The maximum atomic E-state index is 12.5. The van der Waals surface area contributed by atoms with E-state index in [-0.39, 0.29) is 5.91 Å². The third-order valence-electron chi connectivity index (χ3n) is 4.06. The summed E-state index contributed by atoms with van der Waals surface area (Å²) in [5, 5.41) is 5.09. The molecule has 0 saturated carbocycles. The fourth-order valence-electron chi connectivity index (χ4n) is 2.65. The number of aryl methyl sites for hydroxylation is 2. The molecule has 24 heavy (non-hydrogen) atoms. The van der Waals surface area contributed by atoms with Crippen molar-refractivity contribution in [1.29, 1.82) is 0 Å². The lowest BCUT2D eigenvalue weighted by molar-refractivity contribution is -0.122. The molecule has 3 rings (SSSR count). The predicted octanol–water partition coefficient (Wildman–Crippen LogP) is 4.86. The lowest BCUT2D eigenvalue weighted by atomic mass is 10.1. The van der Waals surface area contributed by atoms with Crippen molar-refractivity contribution in [2.24, 2.45) is 0 Å². The molecule has 0 aliphatic rings. The number of benzene rings is 3. The Kier molecular flexibility index (Phi) is 4.52. The third kappa shape index (κ3) is 3.40. The SMILES string of the molecule is Cc1ccc(C)c(O[C@H](C)C(=O)Nc2cccc3ccccc23)c1. The molecule has 3 nitrogen and oxygen atoms in total. The average Bonchev–Trinajstić information content (AvgIpc) is 2.58. The van der Waals surface area contributed by atoms with Crippen molar-refractivity contribution < 1.29 is 9.53 Å². The van der Waals surface area contributed by atoms with Crippen LogP contribution in [0.5, 0.6) is 5.75 Å². The average molecular weight is 319 g/mol. The Morgan fingerprint density at radius 2 is 1.75 bits per heavy atom. The van der Waals surface area contributed by atoms with Gasteiger partial charge in [-0.25, -0.2) is 0 Å². The van der Waals surface area contributed by atoms with Crippen LogP contribution in [-0.4, -0.2) is 12.0 Å². The molecule has 0 radical (unpaired) electrons. The summed E-state index contributed by atoms with van der Waals surface area (Å²) in [6.07, 6.45) is -0.579. The first-order chi connectivity index (χ1) is 11.5. The molecule has 3 aromatic carbocycles. The number of anilines is 1. The van der Waals surface area contributed by atoms with Gasteiger partial charge in [0, 0.05) is 11.1 Å². The van der Waals surface area contributed by atoms with Gasteiger partial charge in [-0.3, -0.25) is 4.79 Å². The summed E-state index contributed by atoms with van der Waals surface area (Å²) in [6.45, 7) is 5.75. The van der Waals surface area contributed by atoms with Gasteiger partial charge in [-0.05, 0) is 49.4 Å². The van der Waals surface area contributed by atoms with E-state index >= 15 is 0 Å². The minimum atomic E-state index is -0.579. The van der Waals surface area contributed by atoms with Crippen molar-refractivity contribution in [3.05, 3.63) is 71.8 Å². The first-order valence-electron chi connectivity index (χ1n) is 8.07. The Hall–Kier alpha value is -2.81. The molecule has 0 bridgehead atoms. The summed E-state index contributed by atoms with van der Waals surface area (Å²) >= 11 is 0. The molecule has 3 aromatic rings. The van der Waals surface area contributed by atoms with Crippen molar-refractivity contribution in [1.82, 2.24) is 0 Å². The molecular weight excluding hydrogens is 298 g/mol. The lowest BCUT2D eigenvalue weighted by Gasteiger charge is -2.17. The minimum absolute atomic E-state index is 0.160. The first-order valence-corrected chi connectivity index (χ1v) is 8.07. The van der Waals surface area contributed by atoms with Crippen LogP contribution in [0.3, 0.4) is 0 Å². The van der Waals surface area contributed by atoms with E-state index in [4.69, 9.17) is 4.74 Å². The molecule has 1 atom stereocenters. The molecule has 0 spiro atoms. The third-order valence-corrected chi connectivity index (χ3v) is 4.06.